The van der Waals surface area contributed by atoms with Crippen LogP contribution in [0.4, 0.5) is 10.9 Å². The maximum Gasteiger partial charge on any atom is 0.265 e. The molecule has 0 radical (unpaired) electrons. The average molecular weight is 284 g/mol. The predicted molar refractivity (Wildman–Crippen MR) is 81.9 cm³/mol. The predicted octanol–water partition coefficient (Wildman–Crippen LogP) is 2.35. The van der Waals surface area contributed by atoms with E-state index in [0.717, 1.165) is 24.5 Å². The van der Waals surface area contributed by atoms with Crippen LogP contribution in [0.15, 0.2) is 0 Å². The molecule has 5 nitrogen and oxygen atoms in total. The van der Waals surface area contributed by atoms with Crippen LogP contribution < -0.4 is 16.0 Å². The number of thiazole rings is 1. The Balaban J connectivity index is 2.69. The first kappa shape index (κ1) is 15.8. The number of nitrogens with one attached hydrogen (secondary N) is 1. The highest BCUT2D eigenvalue weighted by molar-refractivity contribution is 7.18. The van der Waals surface area contributed by atoms with Gasteiger partial charge in [0.2, 0.25) is 0 Å². The van der Waals surface area contributed by atoms with Crippen molar-refractivity contribution in [2.24, 2.45) is 5.92 Å². The highest BCUT2D eigenvalue weighted by Crippen LogP contribution is 2.27. The van der Waals surface area contributed by atoms with Crippen LogP contribution in [0, 0.1) is 5.92 Å². The second-order valence-electron chi connectivity index (χ2n) is 4.62. The lowest BCUT2D eigenvalue weighted by atomic mass is 10.0. The van der Waals surface area contributed by atoms with E-state index >= 15 is 0 Å². The maximum absolute atomic E-state index is 12.1. The van der Waals surface area contributed by atoms with Crippen LogP contribution >= 0.6 is 11.3 Å². The zero-order valence-electron chi connectivity index (χ0n) is 12.2. The Bertz CT molecular complexity index is 415. The summed E-state index contributed by atoms with van der Waals surface area (Å²) in [5, 5.41) is 3.73. The zero-order valence-corrected chi connectivity index (χ0v) is 13.0. The van der Waals surface area contributed by atoms with Gasteiger partial charge >= 0.3 is 0 Å². The Morgan fingerprint density at radius 2 is 2.05 bits per heavy atom. The fraction of sp³-hybridized carbons (Fsp3) is 0.692. The van der Waals surface area contributed by atoms with Gasteiger partial charge in [-0.2, -0.15) is 0 Å². The highest BCUT2D eigenvalue weighted by Gasteiger charge is 2.18. The lowest BCUT2D eigenvalue weighted by Crippen LogP contribution is -2.28. The topological polar surface area (TPSA) is 71.2 Å². The summed E-state index contributed by atoms with van der Waals surface area (Å²) in [7, 11) is 1.93. The lowest BCUT2D eigenvalue weighted by Gasteiger charge is -2.12. The molecule has 0 aliphatic carbocycles. The number of nitrogen functional groups attached to an aromatic ring is 1. The summed E-state index contributed by atoms with van der Waals surface area (Å²) in [4.78, 5) is 18.8. The van der Waals surface area contributed by atoms with Crippen LogP contribution in [-0.4, -0.2) is 31.0 Å². The molecular formula is C13H24N4OS. The molecule has 0 unspecified atom stereocenters. The molecule has 19 heavy (non-hydrogen) atoms. The smallest absolute Gasteiger partial charge is 0.265 e. The molecule has 1 amide bonds. The van der Waals surface area contributed by atoms with E-state index in [-0.39, 0.29) is 5.91 Å². The van der Waals surface area contributed by atoms with E-state index in [4.69, 9.17) is 5.73 Å². The van der Waals surface area contributed by atoms with Crippen molar-refractivity contribution in [3.8, 4) is 0 Å². The number of hydrogen-bond acceptors (Lipinski definition) is 5. The number of nitrogens with zero attached hydrogens (tertiary/aromatic N) is 2. The minimum absolute atomic E-state index is 0.113. The van der Waals surface area contributed by atoms with Gasteiger partial charge in [-0.1, -0.05) is 38.0 Å². The van der Waals surface area contributed by atoms with Gasteiger partial charge in [0.1, 0.15) is 10.7 Å². The molecule has 1 aromatic rings. The molecule has 3 N–H and O–H groups in total. The number of nitrogens with two attached hydrogens (primary N) is 1. The molecule has 0 spiro atoms. The Labute approximate surface area is 119 Å². The Kier molecular flexibility index (Phi) is 6.08. The highest BCUT2D eigenvalue weighted by atomic mass is 32.1. The van der Waals surface area contributed by atoms with Crippen molar-refractivity contribution in [2.45, 2.75) is 33.6 Å². The van der Waals surface area contributed by atoms with Gasteiger partial charge in [0, 0.05) is 20.1 Å². The van der Waals surface area contributed by atoms with Crippen molar-refractivity contribution in [1.29, 1.82) is 0 Å². The van der Waals surface area contributed by atoms with Crippen molar-refractivity contribution in [3.05, 3.63) is 4.88 Å². The van der Waals surface area contributed by atoms with Crippen molar-refractivity contribution >= 4 is 28.2 Å². The molecule has 1 heterocycles. The van der Waals surface area contributed by atoms with E-state index in [1.807, 2.05) is 18.9 Å². The number of carbonyl (C=O) groups is 1. The summed E-state index contributed by atoms with van der Waals surface area (Å²) < 4.78 is 0. The Hall–Kier alpha value is -1.30. The van der Waals surface area contributed by atoms with Gasteiger partial charge in [0.25, 0.3) is 5.91 Å². The second-order valence-corrected chi connectivity index (χ2v) is 5.60. The van der Waals surface area contributed by atoms with E-state index in [0.29, 0.717) is 23.2 Å². The molecule has 1 rings (SSSR count). The monoisotopic (exact) mass is 284 g/mol. The summed E-state index contributed by atoms with van der Waals surface area (Å²) in [6, 6.07) is 0. The summed E-state index contributed by atoms with van der Waals surface area (Å²) in [6.45, 7) is 7.83. The molecule has 0 aliphatic heterocycles. The van der Waals surface area contributed by atoms with Crippen molar-refractivity contribution in [1.82, 2.24) is 10.3 Å². The van der Waals surface area contributed by atoms with Crippen molar-refractivity contribution in [3.63, 3.8) is 0 Å². The fourth-order valence-electron chi connectivity index (χ4n) is 1.68. The molecule has 1 aromatic heterocycles. The molecule has 0 saturated heterocycles. The third-order valence-corrected chi connectivity index (χ3v) is 4.54. The van der Waals surface area contributed by atoms with E-state index in [9.17, 15) is 4.79 Å². The molecule has 0 bridgehead atoms. The molecular weight excluding hydrogens is 260 g/mol. The molecule has 0 fully saturated rings. The summed E-state index contributed by atoms with van der Waals surface area (Å²) in [6.07, 6.45) is 2.14. The van der Waals surface area contributed by atoms with Crippen molar-refractivity contribution < 1.29 is 4.79 Å². The van der Waals surface area contributed by atoms with E-state index in [1.54, 1.807) is 0 Å². The minimum atomic E-state index is -0.113. The largest absolute Gasteiger partial charge is 0.382 e. The van der Waals surface area contributed by atoms with Crippen LogP contribution in [0.5, 0.6) is 0 Å². The first-order chi connectivity index (χ1) is 9.03. The number of anilines is 2. The third kappa shape index (κ3) is 4.09. The van der Waals surface area contributed by atoms with E-state index in [1.165, 1.54) is 11.3 Å². The average Bonchev–Trinajstić information content (AvgIpc) is 2.81. The summed E-state index contributed by atoms with van der Waals surface area (Å²) in [5.74, 6) is 0.732. The standard InChI is InChI=1S/C13H24N4OS/c1-5-9(6-2)8-15-12(18)10-11(14)16-13(19-10)17(4)7-3/h9H,5-8,14H2,1-4H3,(H,15,18). The molecule has 108 valence electrons. The summed E-state index contributed by atoms with van der Waals surface area (Å²) in [5.41, 5.74) is 5.82. The number of carbonyl (C=O) groups excluding carboxylic acids is 1. The van der Waals surface area contributed by atoms with Gasteiger partial charge in [-0.25, -0.2) is 4.98 Å². The Morgan fingerprint density at radius 1 is 1.42 bits per heavy atom. The second kappa shape index (κ2) is 7.33. The van der Waals surface area contributed by atoms with Crippen LogP contribution in [-0.2, 0) is 0 Å². The first-order valence-electron chi connectivity index (χ1n) is 6.78. The van der Waals surface area contributed by atoms with Gasteiger partial charge < -0.3 is 16.0 Å². The lowest BCUT2D eigenvalue weighted by molar-refractivity contribution is 0.0951. The summed E-state index contributed by atoms with van der Waals surface area (Å²) >= 11 is 1.34. The number of rotatable bonds is 7. The third-order valence-electron chi connectivity index (χ3n) is 3.36. The maximum atomic E-state index is 12.1. The minimum Gasteiger partial charge on any atom is -0.382 e. The Morgan fingerprint density at radius 3 is 2.58 bits per heavy atom. The van der Waals surface area contributed by atoms with E-state index in [2.05, 4.69) is 24.1 Å². The van der Waals surface area contributed by atoms with Gasteiger partial charge in [-0.15, -0.1) is 0 Å². The van der Waals surface area contributed by atoms with Crippen LogP contribution in [0.25, 0.3) is 0 Å². The van der Waals surface area contributed by atoms with E-state index < -0.39 is 0 Å². The van der Waals surface area contributed by atoms with Crippen molar-refractivity contribution in [2.75, 3.05) is 30.8 Å². The van der Waals surface area contributed by atoms with Gasteiger partial charge in [0.05, 0.1) is 0 Å². The quantitative estimate of drug-likeness (QED) is 0.806. The fourth-order valence-corrected chi connectivity index (χ4v) is 2.60. The molecule has 0 atom stereocenters. The van der Waals surface area contributed by atoms with Crippen LogP contribution in [0.1, 0.15) is 43.3 Å². The van der Waals surface area contributed by atoms with Gasteiger partial charge in [0.15, 0.2) is 5.13 Å². The van der Waals surface area contributed by atoms with Gasteiger partial charge in [-0.3, -0.25) is 4.79 Å². The molecule has 0 aliphatic rings. The number of aromatic nitrogens is 1. The van der Waals surface area contributed by atoms with Crippen LogP contribution in [0.3, 0.4) is 0 Å². The number of hydrogen-bond donors (Lipinski definition) is 2. The number of amides is 1. The molecule has 0 saturated carbocycles. The zero-order chi connectivity index (χ0) is 14.4. The SMILES string of the molecule is CCC(CC)CNC(=O)c1sc(N(C)CC)nc1N. The molecule has 0 aromatic carbocycles. The van der Waals surface area contributed by atoms with Gasteiger partial charge in [-0.05, 0) is 12.8 Å². The normalized spacial score (nSPS) is 10.8. The first-order valence-corrected chi connectivity index (χ1v) is 7.60. The molecule has 6 heteroatoms. The van der Waals surface area contributed by atoms with Crippen LogP contribution in [0.2, 0.25) is 0 Å².